The fourth-order valence-electron chi connectivity index (χ4n) is 2.72. The van der Waals surface area contributed by atoms with E-state index in [2.05, 4.69) is 6.92 Å². The first-order valence-electron chi connectivity index (χ1n) is 6.79. The minimum Gasteiger partial charge on any atom is -0.390 e. The van der Waals surface area contributed by atoms with E-state index in [4.69, 9.17) is 0 Å². The molecule has 0 saturated carbocycles. The summed E-state index contributed by atoms with van der Waals surface area (Å²) in [6.07, 6.45) is 3.11. The number of hydrogen-bond donors (Lipinski definition) is 1. The molecule has 2 aliphatic rings. The van der Waals surface area contributed by atoms with Crippen molar-refractivity contribution in [3.8, 4) is 0 Å². The molecule has 0 bridgehead atoms. The second-order valence-electron chi connectivity index (χ2n) is 6.01. The Morgan fingerprint density at radius 1 is 1.17 bits per heavy atom. The molecule has 106 valence electrons. The zero-order chi connectivity index (χ0) is 13.4. The maximum Gasteiger partial charge on any atom is 0.281 e. The van der Waals surface area contributed by atoms with Crippen LogP contribution in [0.25, 0.3) is 0 Å². The van der Waals surface area contributed by atoms with E-state index in [1.165, 1.54) is 4.31 Å². The summed E-state index contributed by atoms with van der Waals surface area (Å²) in [6.45, 7) is 6.01. The molecule has 5 nitrogen and oxygen atoms in total. The Kier molecular flexibility index (Phi) is 4.02. The molecule has 0 aromatic heterocycles. The Bertz CT molecular complexity index is 384. The van der Waals surface area contributed by atoms with Crippen molar-refractivity contribution in [1.29, 1.82) is 0 Å². The summed E-state index contributed by atoms with van der Waals surface area (Å²) in [5.74, 6) is 0.446. The van der Waals surface area contributed by atoms with Gasteiger partial charge >= 0.3 is 0 Å². The van der Waals surface area contributed by atoms with Crippen molar-refractivity contribution in [2.24, 2.45) is 5.92 Å². The molecule has 0 aromatic carbocycles. The largest absolute Gasteiger partial charge is 0.390 e. The van der Waals surface area contributed by atoms with E-state index in [0.717, 1.165) is 12.8 Å². The minimum atomic E-state index is -3.31. The van der Waals surface area contributed by atoms with E-state index in [1.807, 2.05) is 0 Å². The Hall–Kier alpha value is -0.170. The number of aliphatic hydroxyl groups is 1. The van der Waals surface area contributed by atoms with Gasteiger partial charge in [-0.2, -0.15) is 17.0 Å². The molecule has 0 aromatic rings. The zero-order valence-electron chi connectivity index (χ0n) is 11.3. The van der Waals surface area contributed by atoms with Crippen LogP contribution in [0.5, 0.6) is 0 Å². The number of piperidine rings is 2. The molecule has 0 amide bonds. The van der Waals surface area contributed by atoms with Crippen molar-refractivity contribution in [1.82, 2.24) is 8.61 Å². The summed E-state index contributed by atoms with van der Waals surface area (Å²) in [5, 5.41) is 9.88. The molecule has 1 unspecified atom stereocenters. The monoisotopic (exact) mass is 276 g/mol. The predicted octanol–water partition coefficient (Wildman–Crippen LogP) is 0.810. The average Bonchev–Trinajstić information content (AvgIpc) is 2.28. The SMILES string of the molecule is CC1CCCN(S(=O)(=O)N2CCC(C)(O)CC2)C1. The molecule has 1 atom stereocenters. The van der Waals surface area contributed by atoms with Gasteiger partial charge in [0.2, 0.25) is 0 Å². The van der Waals surface area contributed by atoms with Crippen LogP contribution in [0.4, 0.5) is 0 Å². The molecule has 2 fully saturated rings. The van der Waals surface area contributed by atoms with E-state index in [1.54, 1.807) is 11.2 Å². The van der Waals surface area contributed by atoms with Gasteiger partial charge in [-0.25, -0.2) is 0 Å². The number of nitrogens with zero attached hydrogens (tertiary/aromatic N) is 2. The first kappa shape index (κ1) is 14.2. The maximum atomic E-state index is 12.5. The lowest BCUT2D eigenvalue weighted by Crippen LogP contribution is -2.52. The molecule has 2 rings (SSSR count). The topological polar surface area (TPSA) is 60.9 Å². The van der Waals surface area contributed by atoms with E-state index >= 15 is 0 Å². The van der Waals surface area contributed by atoms with Crippen LogP contribution in [-0.2, 0) is 10.2 Å². The molecule has 2 heterocycles. The highest BCUT2D eigenvalue weighted by Crippen LogP contribution is 2.26. The third-order valence-electron chi connectivity index (χ3n) is 4.07. The third kappa shape index (κ3) is 3.04. The maximum absolute atomic E-state index is 12.5. The number of hydrogen-bond acceptors (Lipinski definition) is 3. The van der Waals surface area contributed by atoms with Crippen LogP contribution < -0.4 is 0 Å². The summed E-state index contributed by atoms with van der Waals surface area (Å²) in [7, 11) is -3.31. The van der Waals surface area contributed by atoms with E-state index in [9.17, 15) is 13.5 Å². The van der Waals surface area contributed by atoms with Crippen molar-refractivity contribution >= 4 is 10.2 Å². The smallest absolute Gasteiger partial charge is 0.281 e. The summed E-state index contributed by atoms with van der Waals surface area (Å²) >= 11 is 0. The fourth-order valence-corrected chi connectivity index (χ4v) is 4.49. The lowest BCUT2D eigenvalue weighted by molar-refractivity contribution is 0.0112. The van der Waals surface area contributed by atoms with Gasteiger partial charge in [-0.1, -0.05) is 6.92 Å². The van der Waals surface area contributed by atoms with Gasteiger partial charge in [0.05, 0.1) is 5.60 Å². The molecule has 0 radical (unpaired) electrons. The molecule has 0 aliphatic carbocycles. The van der Waals surface area contributed by atoms with Crippen LogP contribution in [0, 0.1) is 5.92 Å². The van der Waals surface area contributed by atoms with Gasteiger partial charge in [-0.05, 0) is 38.5 Å². The van der Waals surface area contributed by atoms with Crippen LogP contribution in [0.3, 0.4) is 0 Å². The van der Waals surface area contributed by atoms with Gasteiger partial charge in [0, 0.05) is 26.2 Å². The van der Waals surface area contributed by atoms with Crippen molar-refractivity contribution in [3.05, 3.63) is 0 Å². The van der Waals surface area contributed by atoms with Crippen LogP contribution in [0.1, 0.15) is 39.5 Å². The molecule has 18 heavy (non-hydrogen) atoms. The van der Waals surface area contributed by atoms with Crippen molar-refractivity contribution in [2.45, 2.75) is 45.1 Å². The molecule has 0 spiro atoms. The van der Waals surface area contributed by atoms with Crippen molar-refractivity contribution in [2.75, 3.05) is 26.2 Å². The van der Waals surface area contributed by atoms with E-state index in [0.29, 0.717) is 44.9 Å². The first-order valence-corrected chi connectivity index (χ1v) is 8.18. The Morgan fingerprint density at radius 2 is 1.78 bits per heavy atom. The van der Waals surface area contributed by atoms with E-state index in [-0.39, 0.29) is 0 Å². The van der Waals surface area contributed by atoms with Crippen molar-refractivity contribution in [3.63, 3.8) is 0 Å². The highest BCUT2D eigenvalue weighted by atomic mass is 32.2. The second-order valence-corrected chi connectivity index (χ2v) is 7.94. The molecule has 6 heteroatoms. The lowest BCUT2D eigenvalue weighted by Gasteiger charge is -2.39. The van der Waals surface area contributed by atoms with Crippen LogP contribution in [-0.4, -0.2) is 53.9 Å². The molecule has 2 aliphatic heterocycles. The van der Waals surface area contributed by atoms with Gasteiger partial charge in [-0.15, -0.1) is 0 Å². The zero-order valence-corrected chi connectivity index (χ0v) is 12.1. The van der Waals surface area contributed by atoms with Gasteiger partial charge in [0.1, 0.15) is 0 Å². The normalized spacial score (nSPS) is 31.4. The molecule has 2 saturated heterocycles. The predicted molar refractivity (Wildman–Crippen MR) is 70.3 cm³/mol. The van der Waals surface area contributed by atoms with Crippen LogP contribution in [0.15, 0.2) is 0 Å². The standard InChI is InChI=1S/C12H24N2O3S/c1-11-4-3-7-14(10-11)18(16,17)13-8-5-12(2,15)6-9-13/h11,15H,3-10H2,1-2H3. The third-order valence-corrected chi connectivity index (χ3v) is 6.07. The summed E-state index contributed by atoms with van der Waals surface area (Å²) in [4.78, 5) is 0. The summed E-state index contributed by atoms with van der Waals surface area (Å²) in [5.41, 5.74) is -0.707. The minimum absolute atomic E-state index is 0.431. The first-order chi connectivity index (χ1) is 8.31. The van der Waals surface area contributed by atoms with Crippen molar-refractivity contribution < 1.29 is 13.5 Å². The van der Waals surface area contributed by atoms with Crippen LogP contribution in [0.2, 0.25) is 0 Å². The second kappa shape index (κ2) is 5.07. The Balaban J connectivity index is 2.03. The highest BCUT2D eigenvalue weighted by Gasteiger charge is 2.37. The molecule has 1 N–H and O–H groups in total. The van der Waals surface area contributed by atoms with Gasteiger partial charge in [-0.3, -0.25) is 0 Å². The van der Waals surface area contributed by atoms with Crippen LogP contribution >= 0.6 is 0 Å². The Labute approximate surface area is 110 Å². The summed E-state index contributed by atoms with van der Waals surface area (Å²) in [6, 6.07) is 0. The quantitative estimate of drug-likeness (QED) is 0.812. The lowest BCUT2D eigenvalue weighted by atomic mass is 9.95. The van der Waals surface area contributed by atoms with Gasteiger partial charge in [0.25, 0.3) is 10.2 Å². The van der Waals surface area contributed by atoms with Gasteiger partial charge < -0.3 is 5.11 Å². The highest BCUT2D eigenvalue weighted by molar-refractivity contribution is 7.86. The van der Waals surface area contributed by atoms with Gasteiger partial charge in [0.15, 0.2) is 0 Å². The van der Waals surface area contributed by atoms with E-state index < -0.39 is 15.8 Å². The fraction of sp³-hybridized carbons (Fsp3) is 1.00. The summed E-state index contributed by atoms with van der Waals surface area (Å²) < 4.78 is 28.1. The Morgan fingerprint density at radius 3 is 2.33 bits per heavy atom. The molecular formula is C12H24N2O3S. The average molecular weight is 276 g/mol. The number of rotatable bonds is 2. The molecular weight excluding hydrogens is 252 g/mol.